The molecule has 0 amide bonds. The van der Waals surface area contributed by atoms with E-state index in [0.29, 0.717) is 16.3 Å². The second-order valence-corrected chi connectivity index (χ2v) is 4.79. The van der Waals surface area contributed by atoms with Crippen molar-refractivity contribution in [1.82, 2.24) is 9.78 Å². The predicted molar refractivity (Wildman–Crippen MR) is 78.7 cm³/mol. The number of hydrogen-bond acceptors (Lipinski definition) is 4. The maximum atomic E-state index is 12.6. The average molecular weight is 330 g/mol. The van der Waals surface area contributed by atoms with Gasteiger partial charge in [0.1, 0.15) is 25.1 Å². The van der Waals surface area contributed by atoms with Crippen LogP contribution < -0.4 is 4.74 Å². The normalized spacial score (nSPS) is 11.8. The second kappa shape index (κ2) is 7.22. The van der Waals surface area contributed by atoms with Crippen molar-refractivity contribution < 1.29 is 18.4 Å². The SMILES string of the molecule is CON=C(COc1cc(C(F)F)nn1C)c1cccc(Cl)c1. The van der Waals surface area contributed by atoms with Crippen molar-refractivity contribution in [2.75, 3.05) is 13.7 Å². The number of hydrogen-bond donors (Lipinski definition) is 0. The molecule has 0 saturated carbocycles. The van der Waals surface area contributed by atoms with E-state index in [4.69, 9.17) is 21.2 Å². The third-order valence-electron chi connectivity index (χ3n) is 2.80. The summed E-state index contributed by atoms with van der Waals surface area (Å²) in [6, 6.07) is 8.18. The van der Waals surface area contributed by atoms with Crippen LogP contribution in [0, 0.1) is 0 Å². The highest BCUT2D eigenvalue weighted by atomic mass is 35.5. The summed E-state index contributed by atoms with van der Waals surface area (Å²) in [6.07, 6.45) is -2.65. The van der Waals surface area contributed by atoms with E-state index in [9.17, 15) is 8.78 Å². The van der Waals surface area contributed by atoms with Gasteiger partial charge in [0.15, 0.2) is 0 Å². The smallest absolute Gasteiger partial charge is 0.282 e. The highest BCUT2D eigenvalue weighted by Crippen LogP contribution is 2.22. The third-order valence-corrected chi connectivity index (χ3v) is 3.03. The molecule has 22 heavy (non-hydrogen) atoms. The molecule has 0 bridgehead atoms. The van der Waals surface area contributed by atoms with Crippen molar-refractivity contribution >= 4 is 17.3 Å². The van der Waals surface area contributed by atoms with Crippen LogP contribution in [0.3, 0.4) is 0 Å². The summed E-state index contributed by atoms with van der Waals surface area (Å²) in [5.74, 6) is 0.209. The fourth-order valence-electron chi connectivity index (χ4n) is 1.80. The Morgan fingerprint density at radius 3 is 2.77 bits per heavy atom. The Hall–Kier alpha value is -2.15. The molecule has 0 spiro atoms. The van der Waals surface area contributed by atoms with Gasteiger partial charge in [0.25, 0.3) is 6.43 Å². The van der Waals surface area contributed by atoms with Gasteiger partial charge in [-0.15, -0.1) is 0 Å². The second-order valence-electron chi connectivity index (χ2n) is 4.35. The van der Waals surface area contributed by atoms with E-state index in [0.717, 1.165) is 0 Å². The van der Waals surface area contributed by atoms with Crippen LogP contribution >= 0.6 is 11.6 Å². The first-order valence-electron chi connectivity index (χ1n) is 6.32. The molecular formula is C14H14ClF2N3O2. The molecule has 1 aromatic heterocycles. The predicted octanol–water partition coefficient (Wildman–Crippen LogP) is 3.44. The average Bonchev–Trinajstić information content (AvgIpc) is 2.85. The van der Waals surface area contributed by atoms with Gasteiger partial charge < -0.3 is 9.57 Å². The lowest BCUT2D eigenvalue weighted by atomic mass is 10.1. The molecule has 0 atom stereocenters. The van der Waals surface area contributed by atoms with Gasteiger partial charge in [0.05, 0.1) is 0 Å². The van der Waals surface area contributed by atoms with Crippen LogP contribution in [0.25, 0.3) is 0 Å². The number of ether oxygens (including phenoxy) is 1. The molecule has 0 aliphatic heterocycles. The number of oxime groups is 1. The number of halogens is 3. The Morgan fingerprint density at radius 2 is 2.18 bits per heavy atom. The van der Waals surface area contributed by atoms with Gasteiger partial charge in [-0.3, -0.25) is 0 Å². The van der Waals surface area contributed by atoms with E-state index in [1.807, 2.05) is 0 Å². The summed E-state index contributed by atoms with van der Waals surface area (Å²) in [7, 11) is 2.93. The number of aromatic nitrogens is 2. The minimum absolute atomic E-state index is 0.0242. The summed E-state index contributed by atoms with van der Waals surface area (Å²) < 4.78 is 31.9. The van der Waals surface area contributed by atoms with Crippen molar-refractivity contribution in [2.45, 2.75) is 6.43 Å². The molecule has 0 saturated heterocycles. The van der Waals surface area contributed by atoms with Gasteiger partial charge in [-0.05, 0) is 12.1 Å². The lowest BCUT2D eigenvalue weighted by Crippen LogP contribution is -2.15. The number of nitrogens with zero attached hydrogens (tertiary/aromatic N) is 3. The molecule has 2 aromatic rings. The molecule has 0 aliphatic carbocycles. The standard InChI is InChI=1S/C14H14ClF2N3O2/c1-20-13(7-11(18-20)14(16)17)22-8-12(19-21-2)9-4-3-5-10(15)6-9/h3-7,14H,8H2,1-2H3. The molecule has 0 aliphatic rings. The molecule has 0 radical (unpaired) electrons. The molecule has 1 aromatic carbocycles. The van der Waals surface area contributed by atoms with Crippen molar-refractivity contribution in [3.8, 4) is 5.88 Å². The molecule has 2 rings (SSSR count). The molecule has 8 heteroatoms. The van der Waals surface area contributed by atoms with Gasteiger partial charge in [0.2, 0.25) is 5.88 Å². The van der Waals surface area contributed by atoms with Crippen molar-refractivity contribution in [2.24, 2.45) is 12.2 Å². The summed E-state index contributed by atoms with van der Waals surface area (Å²) in [5.41, 5.74) is 0.848. The van der Waals surface area contributed by atoms with E-state index in [-0.39, 0.29) is 18.2 Å². The zero-order valence-corrected chi connectivity index (χ0v) is 12.7. The quantitative estimate of drug-likeness (QED) is 0.602. The minimum Gasteiger partial charge on any atom is -0.471 e. The maximum Gasteiger partial charge on any atom is 0.282 e. The minimum atomic E-state index is -2.65. The Balaban J connectivity index is 2.15. The van der Waals surface area contributed by atoms with E-state index < -0.39 is 6.43 Å². The summed E-state index contributed by atoms with van der Waals surface area (Å²) in [4.78, 5) is 4.78. The van der Waals surface area contributed by atoms with Crippen molar-refractivity contribution in [3.63, 3.8) is 0 Å². The van der Waals surface area contributed by atoms with Crippen LogP contribution in [-0.4, -0.2) is 29.2 Å². The first kappa shape index (κ1) is 16.2. The van der Waals surface area contributed by atoms with Crippen LogP contribution in [0.1, 0.15) is 17.7 Å². The number of rotatable bonds is 6. The van der Waals surface area contributed by atoms with Gasteiger partial charge in [-0.1, -0.05) is 28.9 Å². The van der Waals surface area contributed by atoms with E-state index >= 15 is 0 Å². The summed E-state index contributed by atoms with van der Waals surface area (Å²) in [5, 5.41) is 8.09. The van der Waals surface area contributed by atoms with Gasteiger partial charge in [-0.25, -0.2) is 13.5 Å². The third kappa shape index (κ3) is 3.94. The lowest BCUT2D eigenvalue weighted by molar-refractivity contribution is 0.145. The van der Waals surface area contributed by atoms with Crippen LogP contribution in [0.5, 0.6) is 5.88 Å². The van der Waals surface area contributed by atoms with E-state index in [2.05, 4.69) is 10.3 Å². The fraction of sp³-hybridized carbons (Fsp3) is 0.286. The fourth-order valence-corrected chi connectivity index (χ4v) is 1.99. The first-order valence-corrected chi connectivity index (χ1v) is 6.70. The number of alkyl halides is 2. The Bertz CT molecular complexity index is 674. The van der Waals surface area contributed by atoms with Gasteiger partial charge in [0, 0.05) is 23.7 Å². The maximum absolute atomic E-state index is 12.6. The zero-order valence-electron chi connectivity index (χ0n) is 12.0. The van der Waals surface area contributed by atoms with Crippen LogP contribution in [-0.2, 0) is 11.9 Å². The molecular weight excluding hydrogens is 316 g/mol. The highest BCUT2D eigenvalue weighted by Gasteiger charge is 2.16. The molecule has 0 fully saturated rings. The van der Waals surface area contributed by atoms with Crippen molar-refractivity contribution in [1.29, 1.82) is 0 Å². The monoisotopic (exact) mass is 329 g/mol. The molecule has 5 nitrogen and oxygen atoms in total. The highest BCUT2D eigenvalue weighted by molar-refractivity contribution is 6.31. The van der Waals surface area contributed by atoms with E-state index in [1.165, 1.54) is 24.9 Å². The summed E-state index contributed by atoms with van der Waals surface area (Å²) in [6.45, 7) is 0.0242. The van der Waals surface area contributed by atoms with Crippen LogP contribution in [0.2, 0.25) is 5.02 Å². The molecule has 1 heterocycles. The lowest BCUT2D eigenvalue weighted by Gasteiger charge is -2.08. The van der Waals surface area contributed by atoms with Gasteiger partial charge >= 0.3 is 0 Å². The largest absolute Gasteiger partial charge is 0.471 e. The number of aryl methyl sites for hydroxylation is 1. The molecule has 0 unspecified atom stereocenters. The molecule has 0 N–H and O–H groups in total. The zero-order chi connectivity index (χ0) is 16.1. The Kier molecular flexibility index (Phi) is 5.32. The number of benzene rings is 1. The van der Waals surface area contributed by atoms with Crippen molar-refractivity contribution in [3.05, 3.63) is 46.6 Å². The Labute approximate surface area is 131 Å². The van der Waals surface area contributed by atoms with Crippen LogP contribution in [0.15, 0.2) is 35.5 Å². The Morgan fingerprint density at radius 1 is 1.41 bits per heavy atom. The van der Waals surface area contributed by atoms with Gasteiger partial charge in [-0.2, -0.15) is 5.10 Å². The van der Waals surface area contributed by atoms with E-state index in [1.54, 1.807) is 24.3 Å². The topological polar surface area (TPSA) is 48.6 Å². The summed E-state index contributed by atoms with van der Waals surface area (Å²) >= 11 is 5.94. The molecule has 118 valence electrons. The first-order chi connectivity index (χ1) is 10.5. The van der Waals surface area contributed by atoms with Crippen LogP contribution in [0.4, 0.5) is 8.78 Å².